The lowest BCUT2D eigenvalue weighted by Crippen LogP contribution is -2.29. The Morgan fingerprint density at radius 2 is 1.60 bits per heavy atom. The Morgan fingerprint density at radius 3 is 2.28 bits per heavy atom. The number of pyridine rings is 1. The molecular formula is C19H14Cl2N2O2. The van der Waals surface area contributed by atoms with E-state index in [0.29, 0.717) is 21.3 Å². The average Bonchev–Trinajstić information content (AvgIpc) is 2.60. The van der Waals surface area contributed by atoms with Crippen molar-refractivity contribution in [1.29, 1.82) is 0 Å². The van der Waals surface area contributed by atoms with Crippen LogP contribution in [0, 0.1) is 0 Å². The molecule has 3 aromatic rings. The maximum Gasteiger partial charge on any atom is 0.263 e. The lowest BCUT2D eigenvalue weighted by atomic mass is 10.2. The molecule has 3 rings (SSSR count). The minimum absolute atomic E-state index is 0.0505. The van der Waals surface area contributed by atoms with E-state index in [2.05, 4.69) is 5.32 Å². The summed E-state index contributed by atoms with van der Waals surface area (Å²) in [4.78, 5) is 25.0. The first-order valence-electron chi connectivity index (χ1n) is 7.55. The minimum atomic E-state index is -0.462. The number of hydrogen-bond donors (Lipinski definition) is 1. The maximum absolute atomic E-state index is 12.6. The number of aromatic nitrogens is 1. The molecule has 0 unspecified atom stereocenters. The number of anilines is 1. The Morgan fingerprint density at radius 1 is 0.920 bits per heavy atom. The Bertz CT molecular complexity index is 948. The van der Waals surface area contributed by atoms with Gasteiger partial charge in [-0.1, -0.05) is 47.5 Å². The van der Waals surface area contributed by atoms with E-state index in [1.807, 2.05) is 6.07 Å². The van der Waals surface area contributed by atoms with Gasteiger partial charge in [0.2, 0.25) is 0 Å². The normalized spacial score (nSPS) is 10.5. The number of benzene rings is 2. The lowest BCUT2D eigenvalue weighted by Gasteiger charge is -2.11. The van der Waals surface area contributed by atoms with Gasteiger partial charge in [-0.25, -0.2) is 0 Å². The molecule has 0 bridgehead atoms. The second-order valence-electron chi connectivity index (χ2n) is 5.38. The van der Waals surface area contributed by atoms with Crippen LogP contribution in [0.15, 0.2) is 71.7 Å². The molecule has 2 aromatic carbocycles. The first-order chi connectivity index (χ1) is 12.1. The summed E-state index contributed by atoms with van der Waals surface area (Å²) in [5.41, 5.74) is 0.895. The van der Waals surface area contributed by atoms with E-state index in [1.165, 1.54) is 10.6 Å². The standard InChI is InChI=1S/C19H14Cl2N2O2/c20-16-9-4-10-17(21)15(16)12-23-11-5-8-14(19(23)25)18(24)22-13-6-2-1-3-7-13/h1-11H,12H2,(H,22,24). The molecule has 0 fully saturated rings. The predicted molar refractivity (Wildman–Crippen MR) is 101 cm³/mol. The van der Waals surface area contributed by atoms with Crippen LogP contribution < -0.4 is 10.9 Å². The van der Waals surface area contributed by atoms with Crippen molar-refractivity contribution in [1.82, 2.24) is 4.57 Å². The van der Waals surface area contributed by atoms with Crippen molar-refractivity contribution >= 4 is 34.8 Å². The predicted octanol–water partition coefficient (Wildman–Crippen LogP) is 4.46. The van der Waals surface area contributed by atoms with E-state index in [4.69, 9.17) is 23.2 Å². The lowest BCUT2D eigenvalue weighted by molar-refractivity contribution is 0.102. The molecule has 4 nitrogen and oxygen atoms in total. The molecule has 0 saturated carbocycles. The molecule has 126 valence electrons. The van der Waals surface area contributed by atoms with Gasteiger partial charge in [0.15, 0.2) is 0 Å². The van der Waals surface area contributed by atoms with Gasteiger partial charge in [-0.2, -0.15) is 0 Å². The van der Waals surface area contributed by atoms with Crippen molar-refractivity contribution in [3.05, 3.63) is 98.4 Å². The zero-order valence-electron chi connectivity index (χ0n) is 13.1. The van der Waals surface area contributed by atoms with Gasteiger partial charge in [0.05, 0.1) is 6.54 Å². The van der Waals surface area contributed by atoms with Gasteiger partial charge in [0, 0.05) is 27.5 Å². The quantitative estimate of drug-likeness (QED) is 0.734. The number of amides is 1. The van der Waals surface area contributed by atoms with Gasteiger partial charge in [0.1, 0.15) is 5.56 Å². The van der Waals surface area contributed by atoms with Crippen molar-refractivity contribution < 1.29 is 4.79 Å². The van der Waals surface area contributed by atoms with Crippen LogP contribution in [0.3, 0.4) is 0 Å². The topological polar surface area (TPSA) is 51.1 Å². The van der Waals surface area contributed by atoms with Crippen LogP contribution in [0.2, 0.25) is 10.0 Å². The van der Waals surface area contributed by atoms with Crippen molar-refractivity contribution in [2.24, 2.45) is 0 Å². The van der Waals surface area contributed by atoms with E-state index >= 15 is 0 Å². The van der Waals surface area contributed by atoms with Crippen LogP contribution in [0.25, 0.3) is 0 Å². The van der Waals surface area contributed by atoms with E-state index in [-0.39, 0.29) is 12.1 Å². The van der Waals surface area contributed by atoms with Gasteiger partial charge in [-0.15, -0.1) is 0 Å². The van der Waals surface area contributed by atoms with Crippen molar-refractivity contribution in [3.8, 4) is 0 Å². The number of hydrogen-bond acceptors (Lipinski definition) is 2. The fourth-order valence-electron chi connectivity index (χ4n) is 2.41. The van der Waals surface area contributed by atoms with Crippen LogP contribution in [-0.2, 0) is 6.54 Å². The molecule has 0 aliphatic heterocycles. The molecule has 0 saturated heterocycles. The largest absolute Gasteiger partial charge is 0.322 e. The summed E-state index contributed by atoms with van der Waals surface area (Å²) >= 11 is 12.3. The Hall–Kier alpha value is -2.56. The van der Waals surface area contributed by atoms with Crippen LogP contribution in [0.4, 0.5) is 5.69 Å². The second-order valence-corrected chi connectivity index (χ2v) is 6.19. The molecule has 1 amide bonds. The van der Waals surface area contributed by atoms with Crippen molar-refractivity contribution in [2.75, 3.05) is 5.32 Å². The van der Waals surface area contributed by atoms with Gasteiger partial charge in [0.25, 0.3) is 11.5 Å². The molecule has 1 N–H and O–H groups in total. The van der Waals surface area contributed by atoms with Crippen LogP contribution in [0.5, 0.6) is 0 Å². The summed E-state index contributed by atoms with van der Waals surface area (Å²) in [6.45, 7) is 0.184. The number of nitrogens with zero attached hydrogens (tertiary/aromatic N) is 1. The third kappa shape index (κ3) is 3.92. The van der Waals surface area contributed by atoms with Gasteiger partial charge in [-0.05, 0) is 36.4 Å². The van der Waals surface area contributed by atoms with E-state index in [1.54, 1.807) is 54.7 Å². The number of halogens is 2. The first-order valence-corrected chi connectivity index (χ1v) is 8.30. The van der Waals surface area contributed by atoms with Crippen LogP contribution in [-0.4, -0.2) is 10.5 Å². The fourth-order valence-corrected chi connectivity index (χ4v) is 2.92. The Kier molecular flexibility index (Phi) is 5.22. The van der Waals surface area contributed by atoms with Gasteiger partial charge in [-0.3, -0.25) is 9.59 Å². The van der Waals surface area contributed by atoms with Gasteiger partial charge < -0.3 is 9.88 Å². The second kappa shape index (κ2) is 7.55. The summed E-state index contributed by atoms with van der Waals surface area (Å²) in [5.74, 6) is -0.462. The Balaban J connectivity index is 1.90. The zero-order valence-corrected chi connectivity index (χ0v) is 14.6. The maximum atomic E-state index is 12.6. The summed E-state index contributed by atoms with van der Waals surface area (Å²) in [6.07, 6.45) is 1.60. The third-order valence-electron chi connectivity index (χ3n) is 3.69. The van der Waals surface area contributed by atoms with E-state index in [0.717, 1.165) is 0 Å². The molecule has 0 spiro atoms. The van der Waals surface area contributed by atoms with E-state index in [9.17, 15) is 9.59 Å². The third-order valence-corrected chi connectivity index (χ3v) is 4.39. The highest BCUT2D eigenvalue weighted by Crippen LogP contribution is 2.24. The molecule has 1 aromatic heterocycles. The molecule has 0 atom stereocenters. The monoisotopic (exact) mass is 372 g/mol. The van der Waals surface area contributed by atoms with Crippen molar-refractivity contribution in [2.45, 2.75) is 6.54 Å². The van der Waals surface area contributed by atoms with Crippen LogP contribution >= 0.6 is 23.2 Å². The average molecular weight is 373 g/mol. The molecule has 0 aliphatic carbocycles. The van der Waals surface area contributed by atoms with Crippen LogP contribution in [0.1, 0.15) is 15.9 Å². The number of nitrogens with one attached hydrogen (secondary N) is 1. The zero-order chi connectivity index (χ0) is 17.8. The van der Waals surface area contributed by atoms with Gasteiger partial charge >= 0.3 is 0 Å². The highest BCUT2D eigenvalue weighted by Gasteiger charge is 2.14. The SMILES string of the molecule is O=C(Nc1ccccc1)c1cccn(Cc2c(Cl)cccc2Cl)c1=O. The van der Waals surface area contributed by atoms with E-state index < -0.39 is 11.5 Å². The summed E-state index contributed by atoms with van der Waals surface area (Å²) in [7, 11) is 0. The minimum Gasteiger partial charge on any atom is -0.322 e. The smallest absolute Gasteiger partial charge is 0.263 e. The Labute approximate surface area is 154 Å². The fraction of sp³-hybridized carbons (Fsp3) is 0.0526. The molecule has 0 aliphatic rings. The number of carbonyl (C=O) groups excluding carboxylic acids is 1. The molecule has 25 heavy (non-hydrogen) atoms. The van der Waals surface area contributed by atoms with Crippen molar-refractivity contribution in [3.63, 3.8) is 0 Å². The molecule has 0 radical (unpaired) electrons. The first kappa shape index (κ1) is 17.3. The highest BCUT2D eigenvalue weighted by atomic mass is 35.5. The molecule has 1 heterocycles. The summed E-state index contributed by atoms with van der Waals surface area (Å²) in [6, 6.07) is 17.2. The summed E-state index contributed by atoms with van der Waals surface area (Å²) < 4.78 is 1.41. The number of rotatable bonds is 4. The molecule has 6 heteroatoms. The number of carbonyl (C=O) groups is 1. The molecular weight excluding hydrogens is 359 g/mol. The summed E-state index contributed by atoms with van der Waals surface area (Å²) in [5, 5.41) is 3.65. The number of para-hydroxylation sites is 1. The highest BCUT2D eigenvalue weighted by molar-refractivity contribution is 6.35.